The first-order valence-corrected chi connectivity index (χ1v) is 9.37. The summed E-state index contributed by atoms with van der Waals surface area (Å²) in [7, 11) is 5.19. The van der Waals surface area contributed by atoms with Crippen LogP contribution < -0.4 is 0 Å². The zero-order valence-corrected chi connectivity index (χ0v) is 16.4. The van der Waals surface area contributed by atoms with E-state index in [1.807, 2.05) is 0 Å². The van der Waals surface area contributed by atoms with Crippen LogP contribution in [0.3, 0.4) is 0 Å². The van der Waals surface area contributed by atoms with Crippen molar-refractivity contribution < 1.29 is 14.2 Å². The molecule has 0 aromatic heterocycles. The lowest BCUT2D eigenvalue weighted by molar-refractivity contribution is -0.234. The summed E-state index contributed by atoms with van der Waals surface area (Å²) in [5.41, 5.74) is -0.369. The summed E-state index contributed by atoms with van der Waals surface area (Å²) in [5.74, 6) is 0.515. The summed E-state index contributed by atoms with van der Waals surface area (Å²) in [4.78, 5) is 0. The lowest BCUT2D eigenvalue weighted by atomic mass is 9.83. The molecule has 0 amide bonds. The van der Waals surface area contributed by atoms with Crippen molar-refractivity contribution in [2.45, 2.75) is 90.4 Å². The van der Waals surface area contributed by atoms with Crippen LogP contribution in [0.4, 0.5) is 0 Å². The van der Waals surface area contributed by atoms with Crippen LogP contribution in [0.15, 0.2) is 12.2 Å². The van der Waals surface area contributed by atoms with Crippen LogP contribution in [-0.4, -0.2) is 33.2 Å². The van der Waals surface area contributed by atoms with Gasteiger partial charge < -0.3 is 14.2 Å². The Morgan fingerprint density at radius 2 is 1.57 bits per heavy atom. The second-order valence-electron chi connectivity index (χ2n) is 6.52. The molecule has 0 N–H and O–H groups in total. The van der Waals surface area contributed by atoms with Gasteiger partial charge in [0.15, 0.2) is 6.29 Å². The second-order valence-corrected chi connectivity index (χ2v) is 6.52. The van der Waals surface area contributed by atoms with Crippen LogP contribution in [0, 0.1) is 5.92 Å². The van der Waals surface area contributed by atoms with E-state index in [-0.39, 0.29) is 11.9 Å². The van der Waals surface area contributed by atoms with Gasteiger partial charge in [0.25, 0.3) is 0 Å². The van der Waals surface area contributed by atoms with Gasteiger partial charge in [-0.25, -0.2) is 0 Å². The van der Waals surface area contributed by atoms with Gasteiger partial charge in [0.2, 0.25) is 0 Å². The largest absolute Gasteiger partial charge is 0.373 e. The molecule has 0 aromatic carbocycles. The monoisotopic (exact) mass is 328 g/mol. The fraction of sp³-hybridized carbons (Fsp3) is 0.900. The van der Waals surface area contributed by atoms with Gasteiger partial charge in [0, 0.05) is 21.3 Å². The first-order chi connectivity index (χ1) is 11.1. The molecule has 2 atom stereocenters. The van der Waals surface area contributed by atoms with Crippen molar-refractivity contribution in [3.05, 3.63) is 12.2 Å². The summed E-state index contributed by atoms with van der Waals surface area (Å²) in [6.45, 7) is 6.55. The summed E-state index contributed by atoms with van der Waals surface area (Å²) >= 11 is 0. The number of ether oxygens (including phenoxy) is 3. The molecule has 3 nitrogen and oxygen atoms in total. The van der Waals surface area contributed by atoms with E-state index in [1.165, 1.54) is 38.5 Å². The fourth-order valence-electron chi connectivity index (χ4n) is 3.54. The predicted molar refractivity (Wildman–Crippen MR) is 98.8 cm³/mol. The van der Waals surface area contributed by atoms with Crippen LogP contribution in [-0.2, 0) is 14.2 Å². The van der Waals surface area contributed by atoms with E-state index in [9.17, 15) is 0 Å². The predicted octanol–water partition coefficient (Wildman–Crippen LogP) is 5.73. The Morgan fingerprint density at radius 3 is 2.04 bits per heavy atom. The van der Waals surface area contributed by atoms with Crippen molar-refractivity contribution >= 4 is 0 Å². The van der Waals surface area contributed by atoms with Crippen LogP contribution in [0.2, 0.25) is 0 Å². The molecular weight excluding hydrogens is 288 g/mol. The van der Waals surface area contributed by atoms with Crippen molar-refractivity contribution in [3.63, 3.8) is 0 Å². The summed E-state index contributed by atoms with van der Waals surface area (Å²) in [6.07, 6.45) is 14.9. The van der Waals surface area contributed by atoms with E-state index in [0.29, 0.717) is 5.92 Å². The van der Waals surface area contributed by atoms with Crippen molar-refractivity contribution in [1.29, 1.82) is 0 Å². The Balaban J connectivity index is 4.84. The van der Waals surface area contributed by atoms with Gasteiger partial charge in [-0.1, -0.05) is 64.5 Å². The lowest BCUT2D eigenvalue weighted by Gasteiger charge is -2.39. The minimum Gasteiger partial charge on any atom is -0.373 e. The summed E-state index contributed by atoms with van der Waals surface area (Å²) in [5, 5.41) is 0. The molecule has 0 spiro atoms. The Kier molecular flexibility index (Phi) is 13.8. The topological polar surface area (TPSA) is 27.7 Å². The van der Waals surface area contributed by atoms with Gasteiger partial charge in [0.1, 0.15) is 5.60 Å². The van der Waals surface area contributed by atoms with Crippen LogP contribution in [0.5, 0.6) is 0 Å². The number of hydrogen-bond donors (Lipinski definition) is 0. The van der Waals surface area contributed by atoms with Crippen molar-refractivity contribution in [3.8, 4) is 0 Å². The molecule has 0 saturated carbocycles. The Labute approximate surface area is 144 Å². The Hall–Kier alpha value is -0.380. The molecule has 0 saturated heterocycles. The molecule has 23 heavy (non-hydrogen) atoms. The molecule has 0 aromatic rings. The van der Waals surface area contributed by atoms with Crippen molar-refractivity contribution in [2.24, 2.45) is 5.92 Å². The maximum absolute atomic E-state index is 5.96. The molecule has 0 fully saturated rings. The molecule has 0 rings (SSSR count). The Bertz CT molecular complexity index is 287. The highest BCUT2D eigenvalue weighted by atomic mass is 16.7. The first kappa shape index (κ1) is 22.6. The van der Waals surface area contributed by atoms with Crippen molar-refractivity contribution in [1.82, 2.24) is 0 Å². The summed E-state index contributed by atoms with van der Waals surface area (Å²) < 4.78 is 17.1. The third-order valence-corrected chi connectivity index (χ3v) is 4.69. The van der Waals surface area contributed by atoms with Crippen LogP contribution >= 0.6 is 0 Å². The quantitative estimate of drug-likeness (QED) is 0.218. The van der Waals surface area contributed by atoms with E-state index in [2.05, 4.69) is 32.9 Å². The third-order valence-electron chi connectivity index (χ3n) is 4.69. The summed E-state index contributed by atoms with van der Waals surface area (Å²) in [6, 6.07) is 0. The molecule has 3 heteroatoms. The van der Waals surface area contributed by atoms with Gasteiger partial charge in [-0.15, -0.1) is 0 Å². The number of allylic oxidation sites excluding steroid dienone is 2. The maximum Gasteiger partial charge on any atom is 0.185 e. The minimum atomic E-state index is -0.369. The average molecular weight is 329 g/mol. The SMILES string of the molecule is CC=CC(CCCCCCC)CC(CCC)(OC)C(OC)OC. The molecule has 0 bridgehead atoms. The van der Waals surface area contributed by atoms with E-state index in [1.54, 1.807) is 21.3 Å². The van der Waals surface area contributed by atoms with Gasteiger partial charge >= 0.3 is 0 Å². The molecule has 0 heterocycles. The van der Waals surface area contributed by atoms with Gasteiger partial charge in [-0.05, 0) is 32.1 Å². The van der Waals surface area contributed by atoms with Gasteiger partial charge in [-0.2, -0.15) is 0 Å². The molecule has 0 aliphatic carbocycles. The maximum atomic E-state index is 5.96. The highest BCUT2D eigenvalue weighted by Gasteiger charge is 2.40. The number of hydrogen-bond acceptors (Lipinski definition) is 3. The smallest absolute Gasteiger partial charge is 0.185 e. The molecular formula is C20H40O3. The number of rotatable bonds is 15. The third kappa shape index (κ3) is 8.32. The van der Waals surface area contributed by atoms with Crippen LogP contribution in [0.1, 0.15) is 78.6 Å². The van der Waals surface area contributed by atoms with E-state index in [0.717, 1.165) is 19.3 Å². The fourth-order valence-corrected chi connectivity index (χ4v) is 3.54. The zero-order chi connectivity index (χ0) is 17.6. The van der Waals surface area contributed by atoms with Crippen molar-refractivity contribution in [2.75, 3.05) is 21.3 Å². The van der Waals surface area contributed by atoms with Crippen LogP contribution in [0.25, 0.3) is 0 Å². The highest BCUT2D eigenvalue weighted by molar-refractivity contribution is 4.94. The van der Waals surface area contributed by atoms with E-state index < -0.39 is 0 Å². The second kappa shape index (κ2) is 14.0. The normalized spacial score (nSPS) is 16.1. The molecule has 138 valence electrons. The Morgan fingerprint density at radius 1 is 0.913 bits per heavy atom. The lowest BCUT2D eigenvalue weighted by Crippen LogP contribution is -2.47. The molecule has 0 aliphatic heterocycles. The minimum absolute atomic E-state index is 0.319. The van der Waals surface area contributed by atoms with Gasteiger partial charge in [-0.3, -0.25) is 0 Å². The van der Waals surface area contributed by atoms with E-state index >= 15 is 0 Å². The number of unbranched alkanes of at least 4 members (excludes halogenated alkanes) is 4. The zero-order valence-electron chi connectivity index (χ0n) is 16.4. The molecule has 2 unspecified atom stereocenters. The molecule has 0 aliphatic rings. The number of methoxy groups -OCH3 is 3. The molecule has 0 radical (unpaired) electrons. The van der Waals surface area contributed by atoms with Gasteiger partial charge in [0.05, 0.1) is 0 Å². The highest BCUT2D eigenvalue weighted by Crippen LogP contribution is 2.34. The average Bonchev–Trinajstić information content (AvgIpc) is 2.55. The van der Waals surface area contributed by atoms with E-state index in [4.69, 9.17) is 14.2 Å². The first-order valence-electron chi connectivity index (χ1n) is 9.37. The standard InChI is InChI=1S/C20H40O3/c1-7-10-11-12-13-15-18(14-8-2)17-20(23-6,16-9-3)19(21-4)22-5/h8,14,18-19H,7,9-13,15-17H2,1-6H3.